The number of nitrogens with zero attached hydrogens (tertiary/aromatic N) is 4. The van der Waals surface area contributed by atoms with Crippen LogP contribution in [0.5, 0.6) is 0 Å². The number of fused-ring (bicyclic) bond motifs is 4. The van der Waals surface area contributed by atoms with E-state index in [1.165, 1.54) is 21.9 Å². The summed E-state index contributed by atoms with van der Waals surface area (Å²) >= 11 is 0. The van der Waals surface area contributed by atoms with Gasteiger partial charge in [0.05, 0.1) is 69.5 Å². The zero-order chi connectivity index (χ0) is 44.0. The van der Waals surface area contributed by atoms with Crippen LogP contribution in [0.1, 0.15) is 38.7 Å². The van der Waals surface area contributed by atoms with Crippen molar-refractivity contribution in [3.05, 3.63) is 135 Å². The molecule has 15 nitrogen and oxygen atoms in total. The Morgan fingerprint density at radius 1 is 0.730 bits per heavy atom. The van der Waals surface area contributed by atoms with Gasteiger partial charge in [-0.05, 0) is 46.0 Å². The maximum Gasteiger partial charge on any atom is 0.410 e. The van der Waals surface area contributed by atoms with Crippen LogP contribution in [0.3, 0.4) is 0 Å². The normalized spacial score (nSPS) is 13.6. The molecular formula is C47H53FN6O9. The number of rotatable bonds is 21. The second-order valence-corrected chi connectivity index (χ2v) is 15.2. The molecule has 63 heavy (non-hydrogen) atoms. The van der Waals surface area contributed by atoms with Crippen LogP contribution >= 0.6 is 0 Å². The summed E-state index contributed by atoms with van der Waals surface area (Å²) in [6, 6.07) is 27.6. The number of nitrogens with two attached hydrogens (primary N) is 1. The van der Waals surface area contributed by atoms with Gasteiger partial charge in [-0.1, -0.05) is 72.8 Å². The number of halogens is 1. The molecule has 16 heteroatoms. The molecule has 0 bridgehead atoms. The van der Waals surface area contributed by atoms with Crippen molar-refractivity contribution in [2.75, 3.05) is 105 Å². The Kier molecular flexibility index (Phi) is 16.0. The maximum absolute atomic E-state index is 15.2. The number of carbonyl (C=O) groups is 3. The highest BCUT2D eigenvalue weighted by atomic mass is 19.1. The largest absolute Gasteiger partial charge is 0.448 e. The van der Waals surface area contributed by atoms with Crippen LogP contribution < -0.4 is 11.3 Å². The number of ether oxygens (including phenoxy) is 5. The molecule has 1 aliphatic heterocycles. The van der Waals surface area contributed by atoms with E-state index in [0.717, 1.165) is 22.3 Å². The van der Waals surface area contributed by atoms with Gasteiger partial charge in [-0.3, -0.25) is 19.3 Å². The number of amides is 3. The van der Waals surface area contributed by atoms with Crippen molar-refractivity contribution in [2.24, 2.45) is 5.73 Å². The molecule has 0 spiro atoms. The number of piperazine rings is 1. The number of nitrogens with one attached hydrogen (secondary N) is 1. The van der Waals surface area contributed by atoms with Crippen LogP contribution in [0.25, 0.3) is 21.9 Å². The third-order valence-electron chi connectivity index (χ3n) is 11.1. The predicted molar refractivity (Wildman–Crippen MR) is 233 cm³/mol. The van der Waals surface area contributed by atoms with E-state index in [0.29, 0.717) is 68.2 Å². The Bertz CT molecular complexity index is 2360. The first-order valence-corrected chi connectivity index (χ1v) is 21.2. The summed E-state index contributed by atoms with van der Waals surface area (Å²) in [7, 11) is 0. The number of H-pyrrole nitrogens is 1. The zero-order valence-corrected chi connectivity index (χ0v) is 35.2. The lowest BCUT2D eigenvalue weighted by Crippen LogP contribution is -2.53. The van der Waals surface area contributed by atoms with E-state index in [2.05, 4.69) is 22.3 Å². The molecule has 1 saturated heterocycles. The van der Waals surface area contributed by atoms with Crippen LogP contribution in [0, 0.1) is 5.82 Å². The van der Waals surface area contributed by atoms with Gasteiger partial charge in [0.2, 0.25) is 5.91 Å². The van der Waals surface area contributed by atoms with Crippen molar-refractivity contribution in [2.45, 2.75) is 12.3 Å². The SMILES string of the molecule is NCCOCCOCCOCCOCCN(CC(=O)N1CCN(C(=O)c2cc(Cc3n[nH]c(=O)c4ccccc34)ccc2F)CC1)C(=O)OCC1c2ccccc2-c2ccccc21. The summed E-state index contributed by atoms with van der Waals surface area (Å²) in [5.41, 5.74) is 10.6. The van der Waals surface area contributed by atoms with Crippen molar-refractivity contribution < 1.29 is 42.5 Å². The van der Waals surface area contributed by atoms with Gasteiger partial charge < -0.3 is 39.2 Å². The molecule has 2 aliphatic rings. The lowest BCUT2D eigenvalue weighted by atomic mass is 9.98. The lowest BCUT2D eigenvalue weighted by Gasteiger charge is -2.36. The molecule has 5 aromatic rings. The van der Waals surface area contributed by atoms with Gasteiger partial charge in [0, 0.05) is 57.0 Å². The van der Waals surface area contributed by atoms with E-state index in [-0.39, 0.29) is 88.5 Å². The Balaban J connectivity index is 0.929. The molecule has 2 heterocycles. The first-order valence-electron chi connectivity index (χ1n) is 21.2. The van der Waals surface area contributed by atoms with Crippen LogP contribution in [0.4, 0.5) is 9.18 Å². The standard InChI is InChI=1S/C47H53FN6O9/c48-42-14-13-33(30-43-38-11-5-6-12-39(38)45(56)51-50-43)29-40(42)46(57)53-18-16-52(17-19-53)44(55)31-54(20-22-60-24-26-62-28-27-61-25-23-59-21-15-49)47(58)63-32-41-36-9-3-1-7-34(36)35-8-2-4-10-37(35)41/h1-14,29,41H,15-28,30-32,49H2,(H,51,56). The van der Waals surface area contributed by atoms with Crippen molar-refractivity contribution >= 4 is 28.7 Å². The molecule has 4 aromatic carbocycles. The quantitative estimate of drug-likeness (QED) is 0.101. The second-order valence-electron chi connectivity index (χ2n) is 15.2. The second kappa shape index (κ2) is 22.4. The first-order chi connectivity index (χ1) is 30.8. The predicted octanol–water partition coefficient (Wildman–Crippen LogP) is 4.21. The molecule has 332 valence electrons. The highest BCUT2D eigenvalue weighted by molar-refractivity contribution is 5.95. The van der Waals surface area contributed by atoms with Crippen LogP contribution in [-0.2, 0) is 34.9 Å². The minimum atomic E-state index is -0.664. The third-order valence-corrected chi connectivity index (χ3v) is 11.1. The highest BCUT2D eigenvalue weighted by Crippen LogP contribution is 2.44. The van der Waals surface area contributed by atoms with E-state index in [1.807, 2.05) is 42.5 Å². The van der Waals surface area contributed by atoms with Crippen molar-refractivity contribution in [1.82, 2.24) is 24.9 Å². The molecule has 7 rings (SSSR count). The minimum absolute atomic E-state index is 0.0873. The number of hydrogen-bond acceptors (Lipinski definition) is 11. The summed E-state index contributed by atoms with van der Waals surface area (Å²) < 4.78 is 43.2. The molecule has 3 N–H and O–H groups in total. The number of aromatic nitrogens is 2. The van der Waals surface area contributed by atoms with Gasteiger partial charge in [0.25, 0.3) is 11.5 Å². The summed E-state index contributed by atoms with van der Waals surface area (Å²) in [4.78, 5) is 57.9. The number of aromatic amines is 1. The van der Waals surface area contributed by atoms with Crippen molar-refractivity contribution in [3.63, 3.8) is 0 Å². The van der Waals surface area contributed by atoms with Gasteiger partial charge in [0.1, 0.15) is 19.0 Å². The number of carbonyl (C=O) groups excluding carboxylic acids is 3. The molecule has 0 radical (unpaired) electrons. The summed E-state index contributed by atoms with van der Waals surface area (Å²) in [5.74, 6) is -1.64. The average molecular weight is 865 g/mol. The van der Waals surface area contributed by atoms with E-state index in [4.69, 9.17) is 29.4 Å². The molecule has 0 atom stereocenters. The Hall–Kier alpha value is -6.04. The summed E-state index contributed by atoms with van der Waals surface area (Å²) in [6.45, 7) is 4.02. The Labute approximate surface area is 364 Å². The molecular weight excluding hydrogens is 812 g/mol. The van der Waals surface area contributed by atoms with E-state index >= 15 is 4.39 Å². The summed E-state index contributed by atoms with van der Waals surface area (Å²) in [5, 5.41) is 7.90. The van der Waals surface area contributed by atoms with Gasteiger partial charge in [-0.2, -0.15) is 5.10 Å². The first kappa shape index (κ1) is 45.0. The maximum atomic E-state index is 15.2. The van der Waals surface area contributed by atoms with Crippen LogP contribution in [0.15, 0.2) is 95.8 Å². The van der Waals surface area contributed by atoms with E-state index < -0.39 is 17.8 Å². The van der Waals surface area contributed by atoms with E-state index in [1.54, 1.807) is 29.2 Å². The molecule has 0 saturated carbocycles. The van der Waals surface area contributed by atoms with Crippen molar-refractivity contribution in [3.8, 4) is 11.1 Å². The van der Waals surface area contributed by atoms with Crippen LogP contribution in [0.2, 0.25) is 0 Å². The zero-order valence-electron chi connectivity index (χ0n) is 35.2. The fourth-order valence-corrected chi connectivity index (χ4v) is 7.88. The van der Waals surface area contributed by atoms with Gasteiger partial charge in [-0.25, -0.2) is 14.3 Å². The molecule has 1 aromatic heterocycles. The Morgan fingerprint density at radius 2 is 1.30 bits per heavy atom. The van der Waals surface area contributed by atoms with Gasteiger partial charge in [-0.15, -0.1) is 0 Å². The number of hydrogen-bond donors (Lipinski definition) is 2. The summed E-state index contributed by atoms with van der Waals surface area (Å²) in [6.07, 6.45) is -0.381. The third kappa shape index (κ3) is 11.5. The average Bonchev–Trinajstić information content (AvgIpc) is 3.64. The minimum Gasteiger partial charge on any atom is -0.448 e. The van der Waals surface area contributed by atoms with Gasteiger partial charge in [0.15, 0.2) is 0 Å². The van der Waals surface area contributed by atoms with Crippen molar-refractivity contribution in [1.29, 1.82) is 0 Å². The lowest BCUT2D eigenvalue weighted by molar-refractivity contribution is -0.133. The Morgan fingerprint density at radius 3 is 1.95 bits per heavy atom. The monoisotopic (exact) mass is 864 g/mol. The van der Waals surface area contributed by atoms with Gasteiger partial charge >= 0.3 is 6.09 Å². The molecule has 1 fully saturated rings. The topological polar surface area (TPSA) is 179 Å². The molecule has 3 amide bonds. The van der Waals surface area contributed by atoms with E-state index in [9.17, 15) is 19.2 Å². The molecule has 0 unspecified atom stereocenters. The fourth-order valence-electron chi connectivity index (χ4n) is 7.88. The number of benzene rings is 4. The molecule has 1 aliphatic carbocycles. The van der Waals surface area contributed by atoms with Crippen LogP contribution in [-0.4, -0.2) is 148 Å². The highest BCUT2D eigenvalue weighted by Gasteiger charge is 2.32. The smallest absolute Gasteiger partial charge is 0.410 e. The fraction of sp³-hybridized carbons (Fsp3) is 0.383.